The van der Waals surface area contributed by atoms with E-state index in [2.05, 4.69) is 15.6 Å². The van der Waals surface area contributed by atoms with Crippen LogP contribution in [0.25, 0.3) is 0 Å². The molecule has 1 aromatic carbocycles. The van der Waals surface area contributed by atoms with Crippen molar-refractivity contribution in [2.75, 3.05) is 27.2 Å². The average Bonchev–Trinajstić information content (AvgIpc) is 3.08. The van der Waals surface area contributed by atoms with Crippen LogP contribution in [0.2, 0.25) is 0 Å². The molecule has 144 valence electrons. The Hall–Kier alpha value is -1.26. The highest BCUT2D eigenvalue weighted by Crippen LogP contribution is 2.23. The number of benzene rings is 1. The molecular formula is C18H25F2IN4S. The topological polar surface area (TPSA) is 39.7 Å². The maximum atomic E-state index is 14.1. The molecule has 1 heterocycles. The summed E-state index contributed by atoms with van der Waals surface area (Å²) in [6, 6.07) is 5.51. The van der Waals surface area contributed by atoms with Crippen LogP contribution in [0.1, 0.15) is 24.1 Å². The van der Waals surface area contributed by atoms with E-state index in [4.69, 9.17) is 0 Å². The summed E-state index contributed by atoms with van der Waals surface area (Å²) in [7, 11) is 3.60. The predicted octanol–water partition coefficient (Wildman–Crippen LogP) is 4.00. The summed E-state index contributed by atoms with van der Waals surface area (Å²) in [5, 5.41) is 10.4. The Balaban J connectivity index is 0.00000338. The molecule has 1 atom stereocenters. The first kappa shape index (κ1) is 22.8. The molecule has 0 amide bonds. The standard InChI is InChI=1S/C18H24F2N4S.HI/c1-4-21-18(22-10-13-8-9-25-12-13)23-11-16(24(2)3)17-14(19)6-5-7-15(17)20;/h5-9,12,16H,4,10-11H2,1-3H3,(H2,21,22,23);1H. The summed E-state index contributed by atoms with van der Waals surface area (Å²) >= 11 is 1.63. The number of nitrogens with one attached hydrogen (secondary N) is 2. The van der Waals surface area contributed by atoms with E-state index >= 15 is 0 Å². The molecular weight excluding hydrogens is 469 g/mol. The van der Waals surface area contributed by atoms with E-state index in [1.165, 1.54) is 18.2 Å². The molecule has 2 rings (SSSR count). The minimum atomic E-state index is -0.541. The lowest BCUT2D eigenvalue weighted by Crippen LogP contribution is -2.42. The van der Waals surface area contributed by atoms with Gasteiger partial charge in [0.25, 0.3) is 0 Å². The molecule has 0 saturated heterocycles. The van der Waals surface area contributed by atoms with E-state index in [1.807, 2.05) is 23.8 Å². The fraction of sp³-hybridized carbons (Fsp3) is 0.389. The van der Waals surface area contributed by atoms with Gasteiger partial charge in [0.15, 0.2) is 5.96 Å². The second-order valence-corrected chi connectivity index (χ2v) is 6.60. The van der Waals surface area contributed by atoms with Gasteiger partial charge in [-0.05, 0) is 55.5 Å². The first-order valence-corrected chi connectivity index (χ1v) is 9.10. The minimum Gasteiger partial charge on any atom is -0.357 e. The van der Waals surface area contributed by atoms with Gasteiger partial charge in [0.2, 0.25) is 0 Å². The maximum absolute atomic E-state index is 14.1. The summed E-state index contributed by atoms with van der Waals surface area (Å²) in [5.74, 6) is -0.460. The van der Waals surface area contributed by atoms with Gasteiger partial charge in [0.05, 0.1) is 12.6 Å². The molecule has 0 spiro atoms. The van der Waals surface area contributed by atoms with Crippen LogP contribution >= 0.6 is 35.3 Å². The molecule has 1 aromatic heterocycles. The van der Waals surface area contributed by atoms with Crippen molar-refractivity contribution < 1.29 is 8.78 Å². The lowest BCUT2D eigenvalue weighted by molar-refractivity contribution is 0.282. The van der Waals surface area contributed by atoms with Crippen LogP contribution in [-0.2, 0) is 6.54 Å². The summed E-state index contributed by atoms with van der Waals surface area (Å²) < 4.78 is 28.3. The van der Waals surface area contributed by atoms with Gasteiger partial charge < -0.3 is 15.5 Å². The van der Waals surface area contributed by atoms with Gasteiger partial charge in [-0.15, -0.1) is 24.0 Å². The van der Waals surface area contributed by atoms with Crippen LogP contribution in [0, 0.1) is 11.6 Å². The Labute approximate surface area is 174 Å². The quantitative estimate of drug-likeness (QED) is 0.347. The highest BCUT2D eigenvalue weighted by atomic mass is 127. The molecule has 2 aromatic rings. The Morgan fingerprint density at radius 3 is 2.42 bits per heavy atom. The summed E-state index contributed by atoms with van der Waals surface area (Å²) in [5.41, 5.74) is 1.19. The third-order valence-electron chi connectivity index (χ3n) is 3.76. The van der Waals surface area contributed by atoms with Crippen LogP contribution in [-0.4, -0.2) is 38.0 Å². The van der Waals surface area contributed by atoms with Gasteiger partial charge >= 0.3 is 0 Å². The number of guanidine groups is 1. The number of rotatable bonds is 7. The fourth-order valence-electron chi connectivity index (χ4n) is 2.46. The van der Waals surface area contributed by atoms with Crippen LogP contribution < -0.4 is 10.6 Å². The Kier molecular flexibility index (Phi) is 10.0. The van der Waals surface area contributed by atoms with Crippen molar-refractivity contribution in [1.29, 1.82) is 0 Å². The molecule has 0 bridgehead atoms. The van der Waals surface area contributed by atoms with Crippen molar-refractivity contribution >= 4 is 41.3 Å². The zero-order valence-electron chi connectivity index (χ0n) is 15.1. The van der Waals surface area contributed by atoms with Gasteiger partial charge in [-0.1, -0.05) is 6.07 Å². The number of nitrogens with zero attached hydrogens (tertiary/aromatic N) is 2. The molecule has 0 aliphatic rings. The smallest absolute Gasteiger partial charge is 0.191 e. The van der Waals surface area contributed by atoms with Gasteiger partial charge in [0.1, 0.15) is 11.6 Å². The molecule has 0 fully saturated rings. The van der Waals surface area contributed by atoms with Crippen molar-refractivity contribution in [3.63, 3.8) is 0 Å². The minimum absolute atomic E-state index is 0. The normalized spacial score (nSPS) is 12.6. The monoisotopic (exact) mass is 494 g/mol. The number of likely N-dealkylation sites (N-methyl/N-ethyl adjacent to an activating group) is 1. The van der Waals surface area contributed by atoms with Crippen molar-refractivity contribution in [2.24, 2.45) is 4.99 Å². The van der Waals surface area contributed by atoms with E-state index in [-0.39, 0.29) is 29.5 Å². The van der Waals surface area contributed by atoms with Crippen molar-refractivity contribution in [3.05, 3.63) is 57.8 Å². The summed E-state index contributed by atoms with van der Waals surface area (Å²) in [6.07, 6.45) is 0. The number of hydrogen-bond acceptors (Lipinski definition) is 3. The number of hydrogen-bond donors (Lipinski definition) is 2. The van der Waals surface area contributed by atoms with Gasteiger partial charge in [-0.25, -0.2) is 13.8 Å². The van der Waals surface area contributed by atoms with Crippen molar-refractivity contribution in [2.45, 2.75) is 19.5 Å². The molecule has 8 heteroatoms. The molecule has 1 unspecified atom stereocenters. The maximum Gasteiger partial charge on any atom is 0.191 e. The van der Waals surface area contributed by atoms with E-state index in [1.54, 1.807) is 30.3 Å². The summed E-state index contributed by atoms with van der Waals surface area (Å²) in [4.78, 5) is 6.31. The lowest BCUT2D eigenvalue weighted by atomic mass is 10.0. The fourth-order valence-corrected chi connectivity index (χ4v) is 3.12. The molecule has 0 aliphatic carbocycles. The first-order chi connectivity index (χ1) is 12.0. The SMILES string of the molecule is CCNC(=NCc1ccsc1)NCC(c1c(F)cccc1F)N(C)C.I. The van der Waals surface area contributed by atoms with Crippen LogP contribution in [0.5, 0.6) is 0 Å². The zero-order valence-corrected chi connectivity index (χ0v) is 18.3. The van der Waals surface area contributed by atoms with E-state index in [0.717, 1.165) is 5.56 Å². The second-order valence-electron chi connectivity index (χ2n) is 5.82. The van der Waals surface area contributed by atoms with E-state index in [0.29, 0.717) is 25.6 Å². The zero-order chi connectivity index (χ0) is 18.2. The lowest BCUT2D eigenvalue weighted by Gasteiger charge is -2.26. The van der Waals surface area contributed by atoms with E-state index in [9.17, 15) is 8.78 Å². The number of aliphatic imine (C=N–C) groups is 1. The largest absolute Gasteiger partial charge is 0.357 e. The molecule has 0 aliphatic heterocycles. The first-order valence-electron chi connectivity index (χ1n) is 8.16. The van der Waals surface area contributed by atoms with Crippen molar-refractivity contribution in [3.8, 4) is 0 Å². The van der Waals surface area contributed by atoms with Crippen LogP contribution in [0.4, 0.5) is 8.78 Å². The number of thiophene rings is 1. The predicted molar refractivity (Wildman–Crippen MR) is 115 cm³/mol. The van der Waals surface area contributed by atoms with E-state index < -0.39 is 17.7 Å². The third kappa shape index (κ3) is 6.48. The second kappa shape index (κ2) is 11.5. The summed E-state index contributed by atoms with van der Waals surface area (Å²) in [6.45, 7) is 3.57. The molecule has 2 N–H and O–H groups in total. The Morgan fingerprint density at radius 2 is 1.88 bits per heavy atom. The molecule has 0 radical (unpaired) electrons. The Bertz CT molecular complexity index is 672. The average molecular weight is 494 g/mol. The molecule has 0 saturated carbocycles. The van der Waals surface area contributed by atoms with Gasteiger partial charge in [-0.2, -0.15) is 11.3 Å². The Morgan fingerprint density at radius 1 is 1.19 bits per heavy atom. The highest BCUT2D eigenvalue weighted by Gasteiger charge is 2.22. The third-order valence-corrected chi connectivity index (χ3v) is 4.50. The molecule has 4 nitrogen and oxygen atoms in total. The van der Waals surface area contributed by atoms with Crippen LogP contribution in [0.3, 0.4) is 0 Å². The van der Waals surface area contributed by atoms with Crippen molar-refractivity contribution in [1.82, 2.24) is 15.5 Å². The van der Waals surface area contributed by atoms with Gasteiger partial charge in [-0.3, -0.25) is 0 Å². The van der Waals surface area contributed by atoms with Gasteiger partial charge in [0, 0.05) is 18.7 Å². The highest BCUT2D eigenvalue weighted by molar-refractivity contribution is 14.0. The molecule has 26 heavy (non-hydrogen) atoms. The number of halogens is 3. The van der Waals surface area contributed by atoms with Crippen LogP contribution in [0.15, 0.2) is 40.0 Å².